The molecule has 2 amide bonds. The molecule has 1 N–H and O–H groups in total. The average Bonchev–Trinajstić information content (AvgIpc) is 2.64. The van der Waals surface area contributed by atoms with Crippen molar-refractivity contribution >= 4 is 58.2 Å². The summed E-state index contributed by atoms with van der Waals surface area (Å²) in [6.45, 7) is 1.06. The summed E-state index contributed by atoms with van der Waals surface area (Å²) in [5.74, 6) is -0.343. The highest BCUT2D eigenvalue weighted by molar-refractivity contribution is 6.42. The van der Waals surface area contributed by atoms with Crippen molar-refractivity contribution in [2.24, 2.45) is 0 Å². The van der Waals surface area contributed by atoms with Gasteiger partial charge in [-0.15, -0.1) is 0 Å². The summed E-state index contributed by atoms with van der Waals surface area (Å²) in [4.78, 5) is 26.7. The summed E-state index contributed by atoms with van der Waals surface area (Å²) in [6, 6.07) is 9.58. The van der Waals surface area contributed by atoms with Crippen LogP contribution in [0.3, 0.4) is 0 Å². The van der Waals surface area contributed by atoms with Gasteiger partial charge >= 0.3 is 0 Å². The van der Waals surface area contributed by atoms with Gasteiger partial charge in [-0.2, -0.15) is 0 Å². The van der Waals surface area contributed by atoms with Crippen molar-refractivity contribution in [1.82, 2.24) is 10.2 Å². The highest BCUT2D eigenvalue weighted by atomic mass is 35.5. The van der Waals surface area contributed by atoms with Crippen LogP contribution in [-0.2, 0) is 0 Å². The average molecular weight is 446 g/mol. The fourth-order valence-corrected chi connectivity index (χ4v) is 3.75. The van der Waals surface area contributed by atoms with Crippen molar-refractivity contribution in [2.45, 2.75) is 18.9 Å². The van der Waals surface area contributed by atoms with E-state index < -0.39 is 0 Å². The van der Waals surface area contributed by atoms with E-state index in [0.717, 1.165) is 0 Å². The van der Waals surface area contributed by atoms with E-state index in [0.29, 0.717) is 57.1 Å². The molecule has 142 valence electrons. The number of nitrogens with zero attached hydrogens (tertiary/aromatic N) is 1. The minimum Gasteiger partial charge on any atom is -0.349 e. The molecule has 2 aromatic rings. The van der Waals surface area contributed by atoms with Gasteiger partial charge in [-0.1, -0.05) is 46.4 Å². The van der Waals surface area contributed by atoms with Crippen molar-refractivity contribution in [3.05, 3.63) is 67.6 Å². The van der Waals surface area contributed by atoms with Crippen molar-refractivity contribution in [3.63, 3.8) is 0 Å². The number of rotatable bonds is 3. The number of likely N-dealkylation sites (tertiary alicyclic amines) is 1. The van der Waals surface area contributed by atoms with Crippen LogP contribution < -0.4 is 5.32 Å². The molecule has 1 aliphatic rings. The van der Waals surface area contributed by atoms with Gasteiger partial charge in [0, 0.05) is 29.7 Å². The Labute approximate surface area is 177 Å². The van der Waals surface area contributed by atoms with E-state index in [1.54, 1.807) is 41.3 Å². The second kappa shape index (κ2) is 8.70. The molecule has 0 unspecified atom stereocenters. The van der Waals surface area contributed by atoms with E-state index in [1.165, 1.54) is 0 Å². The maximum atomic E-state index is 12.6. The monoisotopic (exact) mass is 444 g/mol. The van der Waals surface area contributed by atoms with Gasteiger partial charge < -0.3 is 10.2 Å². The highest BCUT2D eigenvalue weighted by Crippen LogP contribution is 2.25. The topological polar surface area (TPSA) is 49.4 Å². The minimum atomic E-state index is -0.209. The third kappa shape index (κ3) is 4.88. The zero-order valence-corrected chi connectivity index (χ0v) is 17.2. The van der Waals surface area contributed by atoms with Gasteiger partial charge in [0.1, 0.15) is 0 Å². The Kier molecular flexibility index (Phi) is 6.53. The largest absolute Gasteiger partial charge is 0.349 e. The Morgan fingerprint density at radius 2 is 1.59 bits per heavy atom. The molecule has 1 heterocycles. The molecule has 0 aliphatic carbocycles. The summed E-state index contributed by atoms with van der Waals surface area (Å²) in [5.41, 5.74) is 0.884. The fraction of sp³-hybridized carbons (Fsp3) is 0.263. The Bertz CT molecular complexity index is 880. The van der Waals surface area contributed by atoms with Gasteiger partial charge in [0.25, 0.3) is 11.8 Å². The SMILES string of the molecule is O=C(NC1CCN(C(=O)c2ccc(Cl)cc2Cl)CC1)c1ccc(Cl)c(Cl)c1. The van der Waals surface area contributed by atoms with Gasteiger partial charge in [0.2, 0.25) is 0 Å². The summed E-state index contributed by atoms with van der Waals surface area (Å²) >= 11 is 23.8. The second-order valence-electron chi connectivity index (χ2n) is 6.29. The molecule has 0 aromatic heterocycles. The molecule has 2 aromatic carbocycles. The number of amides is 2. The number of nitrogens with one attached hydrogen (secondary N) is 1. The number of halogens is 4. The molecule has 0 bridgehead atoms. The lowest BCUT2D eigenvalue weighted by molar-refractivity contribution is 0.0698. The van der Waals surface area contributed by atoms with Crippen LogP contribution >= 0.6 is 46.4 Å². The summed E-state index contributed by atoms with van der Waals surface area (Å²) in [6.07, 6.45) is 1.31. The minimum absolute atomic E-state index is 0.0170. The third-order valence-electron chi connectivity index (χ3n) is 4.46. The van der Waals surface area contributed by atoms with Gasteiger partial charge in [0.15, 0.2) is 0 Å². The first-order chi connectivity index (χ1) is 12.8. The van der Waals surface area contributed by atoms with E-state index in [4.69, 9.17) is 46.4 Å². The molecule has 0 spiro atoms. The molecule has 8 heteroatoms. The van der Waals surface area contributed by atoms with E-state index >= 15 is 0 Å². The Morgan fingerprint density at radius 1 is 0.889 bits per heavy atom. The molecule has 1 aliphatic heterocycles. The number of hydrogen-bond acceptors (Lipinski definition) is 2. The zero-order valence-electron chi connectivity index (χ0n) is 14.1. The number of benzene rings is 2. The lowest BCUT2D eigenvalue weighted by Crippen LogP contribution is -2.46. The predicted octanol–water partition coefficient (Wildman–Crippen LogP) is 5.33. The molecule has 0 radical (unpaired) electrons. The van der Waals surface area contributed by atoms with Crippen molar-refractivity contribution < 1.29 is 9.59 Å². The zero-order chi connectivity index (χ0) is 19.6. The lowest BCUT2D eigenvalue weighted by atomic mass is 10.0. The van der Waals surface area contributed by atoms with Crippen LogP contribution in [0.1, 0.15) is 33.6 Å². The molecule has 3 rings (SSSR count). The number of hydrogen-bond donors (Lipinski definition) is 1. The Hall–Kier alpha value is -1.46. The van der Waals surface area contributed by atoms with Crippen molar-refractivity contribution in [2.75, 3.05) is 13.1 Å². The molecule has 27 heavy (non-hydrogen) atoms. The normalized spacial score (nSPS) is 14.9. The van der Waals surface area contributed by atoms with Crippen LogP contribution in [0, 0.1) is 0 Å². The Morgan fingerprint density at radius 3 is 2.22 bits per heavy atom. The summed E-state index contributed by atoms with van der Waals surface area (Å²) < 4.78 is 0. The van der Waals surface area contributed by atoms with Crippen LogP contribution in [-0.4, -0.2) is 35.8 Å². The van der Waals surface area contributed by atoms with Crippen LogP contribution in [0.2, 0.25) is 20.1 Å². The maximum Gasteiger partial charge on any atom is 0.255 e. The molecule has 1 saturated heterocycles. The highest BCUT2D eigenvalue weighted by Gasteiger charge is 2.26. The maximum absolute atomic E-state index is 12.6. The molecule has 4 nitrogen and oxygen atoms in total. The molecular formula is C19H16Cl4N2O2. The van der Waals surface area contributed by atoms with Crippen LogP contribution in [0.15, 0.2) is 36.4 Å². The van der Waals surface area contributed by atoms with Crippen molar-refractivity contribution in [3.8, 4) is 0 Å². The molecule has 0 saturated carbocycles. The van der Waals surface area contributed by atoms with Gasteiger partial charge in [-0.3, -0.25) is 9.59 Å². The van der Waals surface area contributed by atoms with Gasteiger partial charge in [0.05, 0.1) is 20.6 Å². The van der Waals surface area contributed by atoms with E-state index in [1.807, 2.05) is 0 Å². The summed E-state index contributed by atoms with van der Waals surface area (Å²) in [5, 5.41) is 4.54. The second-order valence-corrected chi connectivity index (χ2v) is 7.95. The first-order valence-electron chi connectivity index (χ1n) is 8.35. The fourth-order valence-electron chi connectivity index (χ4n) is 2.97. The number of piperidine rings is 1. The van der Waals surface area contributed by atoms with E-state index in [-0.39, 0.29) is 17.9 Å². The van der Waals surface area contributed by atoms with Crippen LogP contribution in [0.25, 0.3) is 0 Å². The smallest absolute Gasteiger partial charge is 0.255 e. The molecule has 1 fully saturated rings. The quantitative estimate of drug-likeness (QED) is 0.693. The number of carbonyl (C=O) groups excluding carboxylic acids is 2. The standard InChI is InChI=1S/C19H16Cl4N2O2/c20-12-2-3-14(16(22)10-12)19(27)25-7-5-13(6-8-25)24-18(26)11-1-4-15(21)17(23)9-11/h1-4,9-10,13H,5-8H2,(H,24,26). The molecule has 0 atom stereocenters. The molecular weight excluding hydrogens is 430 g/mol. The Balaban J connectivity index is 1.57. The van der Waals surface area contributed by atoms with Gasteiger partial charge in [-0.25, -0.2) is 0 Å². The van der Waals surface area contributed by atoms with Crippen molar-refractivity contribution in [1.29, 1.82) is 0 Å². The van der Waals surface area contributed by atoms with E-state index in [2.05, 4.69) is 5.32 Å². The third-order valence-corrected chi connectivity index (χ3v) is 5.75. The first kappa shape index (κ1) is 20.3. The van der Waals surface area contributed by atoms with Gasteiger partial charge in [-0.05, 0) is 49.2 Å². The first-order valence-corrected chi connectivity index (χ1v) is 9.86. The van der Waals surface area contributed by atoms with Crippen LogP contribution in [0.4, 0.5) is 0 Å². The van der Waals surface area contributed by atoms with Crippen LogP contribution in [0.5, 0.6) is 0 Å². The number of carbonyl (C=O) groups is 2. The lowest BCUT2D eigenvalue weighted by Gasteiger charge is -2.32. The predicted molar refractivity (Wildman–Crippen MR) is 109 cm³/mol. The summed E-state index contributed by atoms with van der Waals surface area (Å²) in [7, 11) is 0. The van der Waals surface area contributed by atoms with E-state index in [9.17, 15) is 9.59 Å².